The molecule has 1 aromatic heterocycles. The molecule has 1 aliphatic rings. The van der Waals surface area contributed by atoms with Gasteiger partial charge in [0.2, 0.25) is 5.90 Å². The van der Waals surface area contributed by atoms with Crippen LogP contribution in [-0.2, 0) is 9.53 Å². The van der Waals surface area contributed by atoms with Gasteiger partial charge in [0.25, 0.3) is 0 Å². The molecule has 0 unspecified atom stereocenters. The Balaban J connectivity index is 1.89. The molecule has 1 aromatic carbocycles. The molecule has 0 saturated heterocycles. The van der Waals surface area contributed by atoms with Crippen LogP contribution in [0.3, 0.4) is 0 Å². The van der Waals surface area contributed by atoms with Crippen molar-refractivity contribution in [2.24, 2.45) is 4.99 Å². The van der Waals surface area contributed by atoms with E-state index in [-0.39, 0.29) is 11.6 Å². The van der Waals surface area contributed by atoms with Crippen molar-refractivity contribution in [1.29, 1.82) is 0 Å². The molecule has 1 aliphatic heterocycles. The molecule has 0 amide bonds. The number of aliphatic imine (C=N–C) groups is 1. The first-order valence-electron chi connectivity index (χ1n) is 6.92. The maximum absolute atomic E-state index is 11.9. The molecule has 0 saturated carbocycles. The minimum Gasteiger partial charge on any atom is -0.494 e. The highest BCUT2D eigenvalue weighted by molar-refractivity contribution is 6.12. The van der Waals surface area contributed by atoms with Gasteiger partial charge in [0.05, 0.1) is 12.2 Å². The van der Waals surface area contributed by atoms with E-state index in [1.54, 1.807) is 30.6 Å². The van der Waals surface area contributed by atoms with E-state index in [4.69, 9.17) is 9.47 Å². The first-order chi connectivity index (χ1) is 10.8. The molecule has 0 N–H and O–H groups in total. The number of cyclic esters (lactones) is 1. The quantitative estimate of drug-likeness (QED) is 0.642. The van der Waals surface area contributed by atoms with Gasteiger partial charge < -0.3 is 9.47 Å². The van der Waals surface area contributed by atoms with Crippen LogP contribution >= 0.6 is 0 Å². The molecule has 0 aliphatic carbocycles. The average molecular weight is 294 g/mol. The molecule has 110 valence electrons. The van der Waals surface area contributed by atoms with Gasteiger partial charge in [-0.05, 0) is 42.8 Å². The predicted octanol–water partition coefficient (Wildman–Crippen LogP) is 2.82. The lowest BCUT2D eigenvalue weighted by molar-refractivity contribution is -0.129. The Morgan fingerprint density at radius 3 is 2.95 bits per heavy atom. The van der Waals surface area contributed by atoms with Crippen molar-refractivity contribution < 1.29 is 14.3 Å². The molecular weight excluding hydrogens is 280 g/mol. The Kier molecular flexibility index (Phi) is 3.96. The molecule has 0 radical (unpaired) electrons. The first kappa shape index (κ1) is 14.0. The molecule has 0 fully saturated rings. The van der Waals surface area contributed by atoms with Gasteiger partial charge in [0.1, 0.15) is 5.75 Å². The summed E-state index contributed by atoms with van der Waals surface area (Å²) in [6.07, 6.45) is 4.93. The van der Waals surface area contributed by atoms with E-state index in [1.807, 2.05) is 31.2 Å². The smallest absolute Gasteiger partial charge is 0.363 e. The lowest BCUT2D eigenvalue weighted by atomic mass is 10.2. The van der Waals surface area contributed by atoms with Crippen LogP contribution in [0, 0.1) is 0 Å². The van der Waals surface area contributed by atoms with Crippen LogP contribution in [0.2, 0.25) is 0 Å². The van der Waals surface area contributed by atoms with Gasteiger partial charge in [-0.2, -0.15) is 0 Å². The third kappa shape index (κ3) is 3.03. The molecule has 0 atom stereocenters. The second-order valence-electron chi connectivity index (χ2n) is 4.58. The molecule has 5 heteroatoms. The second kappa shape index (κ2) is 6.22. The SMILES string of the molecule is CCOc1cccc(/C=C2/N=C(c3cccnc3)OC2=O)c1. The third-order valence-electron chi connectivity index (χ3n) is 3.00. The Hall–Kier alpha value is -2.95. The van der Waals surface area contributed by atoms with Crippen LogP contribution in [0.15, 0.2) is 59.5 Å². The number of pyridine rings is 1. The largest absolute Gasteiger partial charge is 0.494 e. The monoisotopic (exact) mass is 294 g/mol. The number of hydrogen-bond donors (Lipinski definition) is 0. The molecule has 5 nitrogen and oxygen atoms in total. The van der Waals surface area contributed by atoms with E-state index in [0.29, 0.717) is 12.2 Å². The zero-order valence-electron chi connectivity index (χ0n) is 12.0. The van der Waals surface area contributed by atoms with Crippen LogP contribution in [0.4, 0.5) is 0 Å². The number of nitrogens with zero attached hydrogens (tertiary/aromatic N) is 2. The van der Waals surface area contributed by atoms with Gasteiger partial charge in [-0.15, -0.1) is 0 Å². The van der Waals surface area contributed by atoms with Crippen molar-refractivity contribution >= 4 is 17.9 Å². The van der Waals surface area contributed by atoms with Crippen LogP contribution in [0.1, 0.15) is 18.1 Å². The predicted molar refractivity (Wildman–Crippen MR) is 82.5 cm³/mol. The number of aromatic nitrogens is 1. The van der Waals surface area contributed by atoms with E-state index in [0.717, 1.165) is 11.3 Å². The summed E-state index contributed by atoms with van der Waals surface area (Å²) in [5, 5.41) is 0. The lowest BCUT2D eigenvalue weighted by Crippen LogP contribution is -2.05. The van der Waals surface area contributed by atoms with Crippen molar-refractivity contribution in [3.8, 4) is 5.75 Å². The topological polar surface area (TPSA) is 60.8 Å². The zero-order valence-corrected chi connectivity index (χ0v) is 12.0. The zero-order chi connectivity index (χ0) is 15.4. The average Bonchev–Trinajstić information content (AvgIpc) is 2.90. The highest BCUT2D eigenvalue weighted by Crippen LogP contribution is 2.21. The number of hydrogen-bond acceptors (Lipinski definition) is 5. The molecule has 2 heterocycles. The van der Waals surface area contributed by atoms with Gasteiger partial charge >= 0.3 is 5.97 Å². The van der Waals surface area contributed by atoms with E-state index in [9.17, 15) is 4.79 Å². The molecule has 0 spiro atoms. The molecule has 0 bridgehead atoms. The second-order valence-corrected chi connectivity index (χ2v) is 4.58. The number of ether oxygens (including phenoxy) is 2. The van der Waals surface area contributed by atoms with Crippen LogP contribution in [-0.4, -0.2) is 23.5 Å². The number of rotatable bonds is 4. The fourth-order valence-corrected chi connectivity index (χ4v) is 2.04. The summed E-state index contributed by atoms with van der Waals surface area (Å²) in [5.74, 6) is 0.547. The summed E-state index contributed by atoms with van der Waals surface area (Å²) in [4.78, 5) is 20.1. The Morgan fingerprint density at radius 1 is 1.27 bits per heavy atom. The van der Waals surface area contributed by atoms with Crippen molar-refractivity contribution in [1.82, 2.24) is 4.98 Å². The summed E-state index contributed by atoms with van der Waals surface area (Å²) in [6.45, 7) is 2.51. The molecule has 3 rings (SSSR count). The van der Waals surface area contributed by atoms with Gasteiger partial charge in [0.15, 0.2) is 5.70 Å². The fraction of sp³-hybridized carbons (Fsp3) is 0.118. The summed E-state index contributed by atoms with van der Waals surface area (Å²) in [5.41, 5.74) is 1.75. The highest BCUT2D eigenvalue weighted by Gasteiger charge is 2.24. The minimum absolute atomic E-state index is 0.257. The maximum atomic E-state index is 11.9. The van der Waals surface area contributed by atoms with Gasteiger partial charge in [0, 0.05) is 12.4 Å². The van der Waals surface area contributed by atoms with E-state index in [2.05, 4.69) is 9.98 Å². The van der Waals surface area contributed by atoms with Crippen molar-refractivity contribution in [3.63, 3.8) is 0 Å². The number of carbonyl (C=O) groups excluding carboxylic acids is 1. The Bertz CT molecular complexity index is 752. The Morgan fingerprint density at radius 2 is 2.18 bits per heavy atom. The molecule has 22 heavy (non-hydrogen) atoms. The summed E-state index contributed by atoms with van der Waals surface area (Å²) in [6, 6.07) is 11.0. The molecular formula is C17H14N2O3. The van der Waals surface area contributed by atoms with Crippen molar-refractivity contribution in [3.05, 3.63) is 65.6 Å². The van der Waals surface area contributed by atoms with E-state index in [1.165, 1.54) is 0 Å². The fourth-order valence-electron chi connectivity index (χ4n) is 2.04. The maximum Gasteiger partial charge on any atom is 0.363 e. The van der Waals surface area contributed by atoms with E-state index >= 15 is 0 Å². The van der Waals surface area contributed by atoms with Crippen LogP contribution < -0.4 is 4.74 Å². The van der Waals surface area contributed by atoms with E-state index < -0.39 is 5.97 Å². The molecule has 2 aromatic rings. The summed E-state index contributed by atoms with van der Waals surface area (Å²) in [7, 11) is 0. The van der Waals surface area contributed by atoms with Crippen LogP contribution in [0.25, 0.3) is 6.08 Å². The van der Waals surface area contributed by atoms with Gasteiger partial charge in [-0.3, -0.25) is 4.98 Å². The minimum atomic E-state index is -0.472. The lowest BCUT2D eigenvalue weighted by Gasteiger charge is -2.03. The number of benzene rings is 1. The number of carbonyl (C=O) groups is 1. The standard InChI is InChI=1S/C17H14N2O3/c1-2-21-14-7-3-5-12(9-14)10-15-17(20)22-16(19-15)13-6-4-8-18-11-13/h3-11H,2H2,1H3/b15-10+. The normalized spacial score (nSPS) is 15.6. The Labute approximate surface area is 127 Å². The summed E-state index contributed by atoms with van der Waals surface area (Å²) < 4.78 is 10.6. The highest BCUT2D eigenvalue weighted by atomic mass is 16.6. The van der Waals surface area contributed by atoms with Crippen LogP contribution in [0.5, 0.6) is 5.75 Å². The first-order valence-corrected chi connectivity index (χ1v) is 6.92. The van der Waals surface area contributed by atoms with Crippen molar-refractivity contribution in [2.45, 2.75) is 6.92 Å². The summed E-state index contributed by atoms with van der Waals surface area (Å²) >= 11 is 0. The van der Waals surface area contributed by atoms with Gasteiger partial charge in [-0.25, -0.2) is 9.79 Å². The van der Waals surface area contributed by atoms with Crippen molar-refractivity contribution in [2.75, 3.05) is 6.61 Å². The third-order valence-corrected chi connectivity index (χ3v) is 3.00. The number of esters is 1. The van der Waals surface area contributed by atoms with Gasteiger partial charge in [-0.1, -0.05) is 12.1 Å².